The number of hydrogen-bond donors (Lipinski definition) is 0. The SMILES string of the molecule is Cc1cccc(-n2nnnc2SCc2ccccc2F)c1C. The van der Waals surface area contributed by atoms with Crippen molar-refractivity contribution in [2.75, 3.05) is 0 Å². The highest BCUT2D eigenvalue weighted by molar-refractivity contribution is 7.98. The molecule has 22 heavy (non-hydrogen) atoms. The second kappa shape index (κ2) is 6.27. The molecule has 0 bridgehead atoms. The Kier molecular flexibility index (Phi) is 4.20. The predicted octanol–water partition coefficient (Wildman–Crippen LogP) is 3.71. The van der Waals surface area contributed by atoms with Gasteiger partial charge in [0.15, 0.2) is 0 Å². The van der Waals surface area contributed by atoms with Crippen molar-refractivity contribution < 1.29 is 4.39 Å². The average molecular weight is 314 g/mol. The Balaban J connectivity index is 1.87. The lowest BCUT2D eigenvalue weighted by molar-refractivity contribution is 0.617. The van der Waals surface area contributed by atoms with Gasteiger partial charge in [0.2, 0.25) is 5.16 Å². The van der Waals surface area contributed by atoms with Crippen molar-refractivity contribution in [1.82, 2.24) is 20.2 Å². The van der Waals surface area contributed by atoms with Gasteiger partial charge < -0.3 is 0 Å². The fraction of sp³-hybridized carbons (Fsp3) is 0.188. The summed E-state index contributed by atoms with van der Waals surface area (Å²) in [5.74, 6) is 0.276. The molecule has 4 nitrogen and oxygen atoms in total. The number of nitrogens with zero attached hydrogens (tertiary/aromatic N) is 4. The number of aromatic nitrogens is 4. The molecule has 0 atom stereocenters. The van der Waals surface area contributed by atoms with E-state index in [4.69, 9.17) is 0 Å². The van der Waals surface area contributed by atoms with Gasteiger partial charge in [-0.2, -0.15) is 4.68 Å². The van der Waals surface area contributed by atoms with E-state index >= 15 is 0 Å². The highest BCUT2D eigenvalue weighted by Gasteiger charge is 2.13. The van der Waals surface area contributed by atoms with Crippen molar-refractivity contribution in [2.45, 2.75) is 24.8 Å². The van der Waals surface area contributed by atoms with Crippen LogP contribution in [0, 0.1) is 19.7 Å². The molecule has 1 aromatic heterocycles. The number of thioether (sulfide) groups is 1. The minimum absolute atomic E-state index is 0.208. The Morgan fingerprint density at radius 3 is 2.73 bits per heavy atom. The summed E-state index contributed by atoms with van der Waals surface area (Å²) in [7, 11) is 0. The third-order valence-electron chi connectivity index (χ3n) is 3.56. The van der Waals surface area contributed by atoms with Gasteiger partial charge in [0.25, 0.3) is 0 Å². The van der Waals surface area contributed by atoms with Crippen molar-refractivity contribution in [2.24, 2.45) is 0 Å². The van der Waals surface area contributed by atoms with Gasteiger partial charge in [0, 0.05) is 5.75 Å². The van der Waals surface area contributed by atoms with Crippen LogP contribution in [-0.4, -0.2) is 20.2 Å². The predicted molar refractivity (Wildman–Crippen MR) is 84.6 cm³/mol. The lowest BCUT2D eigenvalue weighted by Gasteiger charge is -2.09. The molecule has 6 heteroatoms. The average Bonchev–Trinajstić information content (AvgIpc) is 2.97. The normalized spacial score (nSPS) is 10.9. The Morgan fingerprint density at radius 2 is 1.91 bits per heavy atom. The summed E-state index contributed by atoms with van der Waals surface area (Å²) in [6.07, 6.45) is 0. The second-order valence-electron chi connectivity index (χ2n) is 4.97. The van der Waals surface area contributed by atoms with Gasteiger partial charge in [-0.15, -0.1) is 5.10 Å². The van der Waals surface area contributed by atoms with Crippen LogP contribution >= 0.6 is 11.8 Å². The van der Waals surface area contributed by atoms with Crippen LogP contribution in [-0.2, 0) is 5.75 Å². The zero-order chi connectivity index (χ0) is 15.5. The number of benzene rings is 2. The molecule has 0 radical (unpaired) electrons. The molecule has 0 saturated carbocycles. The zero-order valence-corrected chi connectivity index (χ0v) is 13.1. The standard InChI is InChI=1S/C16H15FN4S/c1-11-6-5-9-15(12(11)2)21-16(18-19-20-21)22-10-13-7-3-4-8-14(13)17/h3-9H,10H2,1-2H3. The van der Waals surface area contributed by atoms with Gasteiger partial charge in [0.05, 0.1) is 5.69 Å². The highest BCUT2D eigenvalue weighted by Crippen LogP contribution is 2.25. The van der Waals surface area contributed by atoms with E-state index in [0.717, 1.165) is 11.3 Å². The lowest BCUT2D eigenvalue weighted by atomic mass is 10.1. The van der Waals surface area contributed by atoms with E-state index in [-0.39, 0.29) is 5.82 Å². The van der Waals surface area contributed by atoms with Gasteiger partial charge in [-0.25, -0.2) is 4.39 Å². The Morgan fingerprint density at radius 1 is 1.09 bits per heavy atom. The largest absolute Gasteiger partial charge is 0.214 e. The van der Waals surface area contributed by atoms with Crippen LogP contribution in [0.1, 0.15) is 16.7 Å². The van der Waals surface area contributed by atoms with Crippen LogP contribution < -0.4 is 0 Å². The summed E-state index contributed by atoms with van der Waals surface area (Å²) in [5, 5.41) is 12.5. The zero-order valence-electron chi connectivity index (χ0n) is 12.3. The molecule has 0 saturated heterocycles. The Hall–Kier alpha value is -2.21. The van der Waals surface area contributed by atoms with Crippen molar-refractivity contribution in [1.29, 1.82) is 0 Å². The molecule has 0 aliphatic carbocycles. The van der Waals surface area contributed by atoms with E-state index in [1.165, 1.54) is 23.4 Å². The van der Waals surface area contributed by atoms with Crippen LogP contribution in [0.25, 0.3) is 5.69 Å². The van der Waals surface area contributed by atoms with E-state index in [2.05, 4.69) is 28.5 Å². The first-order valence-electron chi connectivity index (χ1n) is 6.88. The van der Waals surface area contributed by atoms with Crippen LogP contribution in [0.15, 0.2) is 47.6 Å². The second-order valence-corrected chi connectivity index (χ2v) is 5.91. The first kappa shape index (κ1) is 14.7. The quantitative estimate of drug-likeness (QED) is 0.689. The molecule has 112 valence electrons. The van der Waals surface area contributed by atoms with E-state index < -0.39 is 0 Å². The van der Waals surface area contributed by atoms with Crippen LogP contribution in [0.3, 0.4) is 0 Å². The summed E-state index contributed by atoms with van der Waals surface area (Å²) in [5.41, 5.74) is 3.89. The van der Waals surface area contributed by atoms with Crippen molar-refractivity contribution in [3.05, 3.63) is 65.0 Å². The molecule has 0 aliphatic rings. The van der Waals surface area contributed by atoms with E-state index in [1.807, 2.05) is 25.1 Å². The first-order chi connectivity index (χ1) is 10.7. The lowest BCUT2D eigenvalue weighted by Crippen LogP contribution is -2.02. The third-order valence-corrected chi connectivity index (χ3v) is 4.53. The summed E-state index contributed by atoms with van der Waals surface area (Å²) >= 11 is 1.42. The summed E-state index contributed by atoms with van der Waals surface area (Å²) < 4.78 is 15.4. The molecule has 3 rings (SSSR count). The van der Waals surface area contributed by atoms with E-state index in [9.17, 15) is 4.39 Å². The number of hydrogen-bond acceptors (Lipinski definition) is 4. The smallest absolute Gasteiger partial charge is 0.207 e. The van der Waals surface area contributed by atoms with E-state index in [1.54, 1.807) is 16.8 Å². The minimum Gasteiger partial charge on any atom is -0.207 e. The maximum Gasteiger partial charge on any atom is 0.214 e. The van der Waals surface area contributed by atoms with E-state index in [0.29, 0.717) is 16.5 Å². The topological polar surface area (TPSA) is 43.6 Å². The van der Waals surface area contributed by atoms with Crippen LogP contribution in [0.5, 0.6) is 0 Å². The van der Waals surface area contributed by atoms with Crippen molar-refractivity contribution >= 4 is 11.8 Å². The van der Waals surface area contributed by atoms with Gasteiger partial charge in [-0.05, 0) is 53.1 Å². The third kappa shape index (κ3) is 2.87. The summed E-state index contributed by atoms with van der Waals surface area (Å²) in [4.78, 5) is 0. The molecule has 0 unspecified atom stereocenters. The maximum absolute atomic E-state index is 13.7. The molecule has 3 aromatic rings. The molecule has 0 amide bonds. The number of aryl methyl sites for hydroxylation is 1. The minimum atomic E-state index is -0.208. The summed E-state index contributed by atoms with van der Waals surface area (Å²) in [6.45, 7) is 4.09. The number of halogens is 1. The number of rotatable bonds is 4. The maximum atomic E-state index is 13.7. The Bertz CT molecular complexity index is 800. The van der Waals surface area contributed by atoms with Gasteiger partial charge >= 0.3 is 0 Å². The molecule has 1 heterocycles. The number of tetrazole rings is 1. The molecule has 0 aliphatic heterocycles. The Labute approximate surface area is 132 Å². The van der Waals surface area contributed by atoms with Gasteiger partial charge in [0.1, 0.15) is 5.82 Å². The fourth-order valence-electron chi connectivity index (χ4n) is 2.14. The highest BCUT2D eigenvalue weighted by atomic mass is 32.2. The van der Waals surface area contributed by atoms with Gasteiger partial charge in [-0.3, -0.25) is 0 Å². The molecular formula is C16H15FN4S. The molecular weight excluding hydrogens is 299 g/mol. The van der Waals surface area contributed by atoms with Crippen LogP contribution in [0.2, 0.25) is 0 Å². The monoisotopic (exact) mass is 314 g/mol. The van der Waals surface area contributed by atoms with Crippen molar-refractivity contribution in [3.63, 3.8) is 0 Å². The van der Waals surface area contributed by atoms with Crippen molar-refractivity contribution in [3.8, 4) is 5.69 Å². The first-order valence-corrected chi connectivity index (χ1v) is 7.86. The van der Waals surface area contributed by atoms with Crippen LogP contribution in [0.4, 0.5) is 4.39 Å². The van der Waals surface area contributed by atoms with Gasteiger partial charge in [-0.1, -0.05) is 42.1 Å². The molecule has 0 N–H and O–H groups in total. The summed E-state index contributed by atoms with van der Waals surface area (Å²) in [6, 6.07) is 12.8. The fourth-order valence-corrected chi connectivity index (χ4v) is 3.01. The molecule has 0 fully saturated rings. The molecule has 0 spiro atoms. The molecule has 2 aromatic carbocycles.